The van der Waals surface area contributed by atoms with Gasteiger partial charge in [-0.1, -0.05) is 6.92 Å². The van der Waals surface area contributed by atoms with Crippen LogP contribution in [-0.4, -0.2) is 41.2 Å². The zero-order chi connectivity index (χ0) is 14.8. The van der Waals surface area contributed by atoms with E-state index in [1.807, 2.05) is 0 Å². The van der Waals surface area contributed by atoms with Crippen molar-refractivity contribution < 1.29 is 13.3 Å². The summed E-state index contributed by atoms with van der Waals surface area (Å²) in [7, 11) is -1.57. The Labute approximate surface area is 111 Å². The van der Waals surface area contributed by atoms with Crippen LogP contribution in [0.5, 0.6) is 0 Å². The normalized spacial score (nSPS) is 13.3. The number of nitrogens with one attached hydrogen (secondary N) is 1. The first kappa shape index (κ1) is 15.4. The first-order chi connectivity index (χ1) is 8.65. The summed E-state index contributed by atoms with van der Waals surface area (Å²) in [6.45, 7) is 3.43. The summed E-state index contributed by atoms with van der Waals surface area (Å²) in [6.07, 6.45) is 1.56. The summed E-state index contributed by atoms with van der Waals surface area (Å²) in [5.74, 6) is 0.134. The minimum Gasteiger partial charge on any atom is -0.361 e. The van der Waals surface area contributed by atoms with Gasteiger partial charge in [0.2, 0.25) is 5.82 Å². The van der Waals surface area contributed by atoms with Crippen LogP contribution in [0.4, 0.5) is 11.5 Å². The van der Waals surface area contributed by atoms with E-state index in [4.69, 9.17) is 0 Å². The van der Waals surface area contributed by atoms with Gasteiger partial charge in [0.25, 0.3) is 0 Å². The molecule has 0 radical (unpaired) electrons. The third kappa shape index (κ3) is 3.91. The Kier molecular flexibility index (Phi) is 4.51. The highest BCUT2D eigenvalue weighted by Crippen LogP contribution is 2.28. The van der Waals surface area contributed by atoms with Crippen LogP contribution >= 0.6 is 0 Å². The summed E-state index contributed by atoms with van der Waals surface area (Å²) in [5.41, 5.74) is 0.284. The second-order valence-electron chi connectivity index (χ2n) is 4.52. The molecule has 0 fully saturated rings. The van der Waals surface area contributed by atoms with Crippen LogP contribution in [0.3, 0.4) is 0 Å². The fraction of sp³-hybridized carbons (Fsp3) is 0.700. The van der Waals surface area contributed by atoms with Crippen LogP contribution in [0.2, 0.25) is 0 Å². The van der Waals surface area contributed by atoms with Crippen molar-refractivity contribution in [1.29, 1.82) is 0 Å². The van der Waals surface area contributed by atoms with Gasteiger partial charge in [0.1, 0.15) is 15.5 Å². The molecule has 1 aromatic rings. The number of aromatic nitrogens is 2. The van der Waals surface area contributed by atoms with Gasteiger partial charge in [0.15, 0.2) is 0 Å². The molecule has 1 heterocycles. The Bertz CT molecular complexity index is 579. The third-order valence-electron chi connectivity index (χ3n) is 2.55. The number of sulfone groups is 1. The van der Waals surface area contributed by atoms with Gasteiger partial charge in [-0.25, -0.2) is 13.1 Å². The molecule has 0 bridgehead atoms. The molecule has 0 aliphatic rings. The molecule has 1 atom stereocenters. The maximum atomic E-state index is 11.2. The van der Waals surface area contributed by atoms with E-state index in [2.05, 4.69) is 10.4 Å². The summed E-state index contributed by atoms with van der Waals surface area (Å²) in [4.78, 5) is 10.6. The van der Waals surface area contributed by atoms with Crippen molar-refractivity contribution in [2.45, 2.75) is 26.3 Å². The molecule has 0 saturated carbocycles. The highest BCUT2D eigenvalue weighted by atomic mass is 32.2. The number of aryl methyl sites for hydroxylation is 2. The summed E-state index contributed by atoms with van der Waals surface area (Å²) in [6, 6.07) is -0.436. The molecule has 8 nitrogen and oxygen atoms in total. The van der Waals surface area contributed by atoms with E-state index in [1.54, 1.807) is 20.9 Å². The Morgan fingerprint density at radius 1 is 1.53 bits per heavy atom. The molecule has 19 heavy (non-hydrogen) atoms. The monoisotopic (exact) mass is 290 g/mol. The highest BCUT2D eigenvalue weighted by Gasteiger charge is 2.27. The van der Waals surface area contributed by atoms with E-state index in [9.17, 15) is 18.5 Å². The first-order valence-electron chi connectivity index (χ1n) is 5.80. The highest BCUT2D eigenvalue weighted by molar-refractivity contribution is 7.90. The quantitative estimate of drug-likeness (QED) is 0.611. The molecule has 0 amide bonds. The predicted octanol–water partition coefficient (Wildman–Crippen LogP) is 0.736. The minimum atomic E-state index is -3.15. The molecular weight excluding hydrogens is 272 g/mol. The Morgan fingerprint density at radius 2 is 2.11 bits per heavy atom. The largest absolute Gasteiger partial charge is 0.361 e. The fourth-order valence-corrected chi connectivity index (χ4v) is 2.88. The lowest BCUT2D eigenvalue weighted by Crippen LogP contribution is -2.26. The van der Waals surface area contributed by atoms with Crippen molar-refractivity contribution in [1.82, 2.24) is 9.78 Å². The van der Waals surface area contributed by atoms with Gasteiger partial charge in [-0.2, -0.15) is 5.10 Å². The number of nitro groups is 1. The average Bonchev–Trinajstić information content (AvgIpc) is 2.52. The predicted molar refractivity (Wildman–Crippen MR) is 72.0 cm³/mol. The van der Waals surface area contributed by atoms with E-state index in [-0.39, 0.29) is 17.3 Å². The molecule has 0 spiro atoms. The van der Waals surface area contributed by atoms with Gasteiger partial charge < -0.3 is 5.32 Å². The van der Waals surface area contributed by atoms with Gasteiger partial charge in [-0.3, -0.25) is 10.1 Å². The molecule has 0 aromatic carbocycles. The zero-order valence-electron chi connectivity index (χ0n) is 11.4. The van der Waals surface area contributed by atoms with E-state index >= 15 is 0 Å². The molecule has 0 saturated heterocycles. The molecule has 9 heteroatoms. The minimum absolute atomic E-state index is 0.0923. The van der Waals surface area contributed by atoms with Crippen molar-refractivity contribution in [3.05, 3.63) is 15.8 Å². The zero-order valence-corrected chi connectivity index (χ0v) is 12.2. The maximum Gasteiger partial charge on any atom is 0.333 e. The number of anilines is 1. The van der Waals surface area contributed by atoms with Crippen LogP contribution in [0.1, 0.15) is 19.5 Å². The summed E-state index contributed by atoms with van der Waals surface area (Å²) >= 11 is 0. The fourth-order valence-electron chi connectivity index (χ4n) is 1.89. The lowest BCUT2D eigenvalue weighted by molar-refractivity contribution is -0.384. The summed E-state index contributed by atoms with van der Waals surface area (Å²) in [5, 5.41) is 18.0. The van der Waals surface area contributed by atoms with Crippen LogP contribution in [0, 0.1) is 10.1 Å². The smallest absolute Gasteiger partial charge is 0.333 e. The number of nitrogens with zero attached hydrogens (tertiary/aromatic N) is 3. The second kappa shape index (κ2) is 5.55. The lowest BCUT2D eigenvalue weighted by atomic mass is 10.3. The summed E-state index contributed by atoms with van der Waals surface area (Å²) < 4.78 is 23.8. The van der Waals surface area contributed by atoms with Gasteiger partial charge in [-0.15, -0.1) is 0 Å². The van der Waals surface area contributed by atoms with Gasteiger partial charge in [-0.05, 0) is 13.3 Å². The van der Waals surface area contributed by atoms with Crippen molar-refractivity contribution in [2.75, 3.05) is 17.3 Å². The Morgan fingerprint density at radius 3 is 2.53 bits per heavy atom. The SMILES string of the molecule is CCc1nn(C)c(NC(C)CS(C)(=O)=O)c1[N+](=O)[O-]. The number of rotatable bonds is 6. The van der Waals surface area contributed by atoms with Crippen molar-refractivity contribution in [3.8, 4) is 0 Å². The molecule has 1 N–H and O–H groups in total. The van der Waals surface area contributed by atoms with Crippen molar-refractivity contribution in [2.24, 2.45) is 7.05 Å². The standard InChI is InChI=1S/C10H18N4O4S/c1-5-8-9(14(15)16)10(13(3)12-8)11-7(2)6-19(4,17)18/h7,11H,5-6H2,1-4H3. The Balaban J connectivity index is 3.07. The topological polar surface area (TPSA) is 107 Å². The van der Waals surface area contributed by atoms with Crippen LogP contribution in [0.25, 0.3) is 0 Å². The lowest BCUT2D eigenvalue weighted by Gasteiger charge is -2.13. The molecule has 1 rings (SSSR count). The van der Waals surface area contributed by atoms with E-state index in [0.717, 1.165) is 6.26 Å². The molecule has 1 unspecified atom stereocenters. The molecule has 1 aromatic heterocycles. The molecule has 0 aliphatic heterocycles. The van der Waals surface area contributed by atoms with Gasteiger partial charge in [0.05, 0.1) is 10.7 Å². The van der Waals surface area contributed by atoms with Crippen LogP contribution < -0.4 is 5.32 Å². The number of hydrogen-bond acceptors (Lipinski definition) is 6. The number of hydrogen-bond donors (Lipinski definition) is 1. The average molecular weight is 290 g/mol. The second-order valence-corrected chi connectivity index (χ2v) is 6.70. The van der Waals surface area contributed by atoms with Crippen molar-refractivity contribution in [3.63, 3.8) is 0 Å². The van der Waals surface area contributed by atoms with Crippen LogP contribution in [-0.2, 0) is 23.3 Å². The molecule has 0 aliphatic carbocycles. The maximum absolute atomic E-state index is 11.2. The Hall–Kier alpha value is -1.64. The van der Waals surface area contributed by atoms with Gasteiger partial charge in [0, 0.05) is 19.3 Å². The van der Waals surface area contributed by atoms with E-state index in [1.165, 1.54) is 4.68 Å². The molecular formula is C10H18N4O4S. The van der Waals surface area contributed by atoms with Gasteiger partial charge >= 0.3 is 5.69 Å². The third-order valence-corrected chi connectivity index (χ3v) is 3.65. The molecule has 108 valence electrons. The van der Waals surface area contributed by atoms with Crippen LogP contribution in [0.15, 0.2) is 0 Å². The van der Waals surface area contributed by atoms with E-state index < -0.39 is 20.8 Å². The van der Waals surface area contributed by atoms with Crippen molar-refractivity contribution >= 4 is 21.3 Å². The van der Waals surface area contributed by atoms with E-state index in [0.29, 0.717) is 12.1 Å². The first-order valence-corrected chi connectivity index (χ1v) is 7.86.